The molecule has 1 saturated heterocycles. The third-order valence-corrected chi connectivity index (χ3v) is 3.71. The third kappa shape index (κ3) is 2.41. The average Bonchev–Trinajstić information content (AvgIpc) is 2.65. The number of likely N-dealkylation sites (tertiary alicyclic amines) is 1. The SMILES string of the molecule is CCC(CC)N1CCC(C(=O)O)(C(F)(F)F)C1. The summed E-state index contributed by atoms with van der Waals surface area (Å²) in [6.07, 6.45) is -3.55. The Hall–Kier alpha value is -0.780. The van der Waals surface area contributed by atoms with Crippen molar-refractivity contribution in [2.45, 2.75) is 45.3 Å². The Bertz CT molecular complexity index is 289. The molecule has 1 aliphatic heterocycles. The second-order valence-electron chi connectivity index (χ2n) is 4.58. The predicted molar refractivity (Wildman–Crippen MR) is 56.7 cm³/mol. The highest BCUT2D eigenvalue weighted by atomic mass is 19.4. The van der Waals surface area contributed by atoms with E-state index in [1.807, 2.05) is 13.8 Å². The minimum absolute atomic E-state index is 0.0403. The van der Waals surface area contributed by atoms with Crippen molar-refractivity contribution in [2.24, 2.45) is 5.41 Å². The maximum atomic E-state index is 12.9. The van der Waals surface area contributed by atoms with Gasteiger partial charge in [0.05, 0.1) is 0 Å². The molecule has 0 aromatic carbocycles. The number of aliphatic carboxylic acids is 1. The van der Waals surface area contributed by atoms with E-state index < -0.39 is 24.1 Å². The molecule has 0 spiro atoms. The van der Waals surface area contributed by atoms with E-state index in [1.165, 1.54) is 0 Å². The van der Waals surface area contributed by atoms with Gasteiger partial charge in [-0.25, -0.2) is 0 Å². The highest BCUT2D eigenvalue weighted by Crippen LogP contribution is 2.46. The van der Waals surface area contributed by atoms with Gasteiger partial charge in [0.15, 0.2) is 5.41 Å². The van der Waals surface area contributed by atoms with Crippen molar-refractivity contribution in [1.82, 2.24) is 4.90 Å². The molecule has 1 fully saturated rings. The maximum absolute atomic E-state index is 12.9. The van der Waals surface area contributed by atoms with Gasteiger partial charge in [0.2, 0.25) is 0 Å². The molecular formula is C11H18F3NO2. The van der Waals surface area contributed by atoms with Crippen molar-refractivity contribution in [1.29, 1.82) is 0 Å². The zero-order valence-electron chi connectivity index (χ0n) is 10.0. The molecule has 17 heavy (non-hydrogen) atoms. The first-order chi connectivity index (χ1) is 7.78. The normalized spacial score (nSPS) is 26.7. The maximum Gasteiger partial charge on any atom is 0.406 e. The summed E-state index contributed by atoms with van der Waals surface area (Å²) in [6.45, 7) is 3.60. The molecule has 1 atom stereocenters. The molecule has 0 aromatic heterocycles. The number of hydrogen-bond acceptors (Lipinski definition) is 2. The lowest BCUT2D eigenvalue weighted by Gasteiger charge is -2.30. The molecule has 1 unspecified atom stereocenters. The first-order valence-electron chi connectivity index (χ1n) is 5.82. The number of rotatable bonds is 4. The van der Waals surface area contributed by atoms with Crippen molar-refractivity contribution in [3.63, 3.8) is 0 Å². The van der Waals surface area contributed by atoms with Crippen LogP contribution in [0.2, 0.25) is 0 Å². The fourth-order valence-corrected chi connectivity index (χ4v) is 2.48. The number of nitrogens with zero attached hydrogens (tertiary/aromatic N) is 1. The summed E-state index contributed by atoms with van der Waals surface area (Å²) in [5.74, 6) is -1.75. The van der Waals surface area contributed by atoms with E-state index in [-0.39, 0.29) is 19.0 Å². The number of carbonyl (C=O) groups is 1. The van der Waals surface area contributed by atoms with E-state index in [9.17, 15) is 18.0 Å². The van der Waals surface area contributed by atoms with Crippen LogP contribution in [-0.2, 0) is 4.79 Å². The quantitative estimate of drug-likeness (QED) is 0.837. The van der Waals surface area contributed by atoms with E-state index in [1.54, 1.807) is 4.90 Å². The summed E-state index contributed by atoms with van der Waals surface area (Å²) >= 11 is 0. The molecule has 0 bridgehead atoms. The minimum Gasteiger partial charge on any atom is -0.481 e. The van der Waals surface area contributed by atoms with Crippen LogP contribution in [0.25, 0.3) is 0 Å². The second-order valence-corrected chi connectivity index (χ2v) is 4.58. The number of carboxylic acids is 1. The third-order valence-electron chi connectivity index (χ3n) is 3.71. The van der Waals surface area contributed by atoms with Gasteiger partial charge in [-0.1, -0.05) is 13.8 Å². The average molecular weight is 253 g/mol. The van der Waals surface area contributed by atoms with Gasteiger partial charge >= 0.3 is 12.1 Å². The monoisotopic (exact) mass is 253 g/mol. The van der Waals surface area contributed by atoms with Crippen LogP contribution < -0.4 is 0 Å². The van der Waals surface area contributed by atoms with Gasteiger partial charge in [-0.05, 0) is 25.8 Å². The van der Waals surface area contributed by atoms with Gasteiger partial charge in [0.1, 0.15) is 0 Å². The first kappa shape index (κ1) is 14.3. The first-order valence-corrected chi connectivity index (χ1v) is 5.82. The van der Waals surface area contributed by atoms with Crippen LogP contribution in [0.5, 0.6) is 0 Å². The summed E-state index contributed by atoms with van der Waals surface area (Å²) in [4.78, 5) is 12.6. The van der Waals surface area contributed by atoms with Crippen molar-refractivity contribution in [3.05, 3.63) is 0 Å². The lowest BCUT2D eigenvalue weighted by molar-refractivity contribution is -0.227. The minimum atomic E-state index is -4.68. The Morgan fingerprint density at radius 2 is 1.94 bits per heavy atom. The zero-order chi connectivity index (χ0) is 13.3. The second kappa shape index (κ2) is 4.84. The number of halogens is 3. The molecular weight excluding hydrogens is 235 g/mol. The molecule has 0 amide bonds. The number of carboxylic acid groups (broad SMARTS) is 1. The molecule has 0 aromatic rings. The van der Waals surface area contributed by atoms with Crippen LogP contribution in [0.1, 0.15) is 33.1 Å². The predicted octanol–water partition coefficient (Wildman–Crippen LogP) is 2.51. The number of hydrogen-bond donors (Lipinski definition) is 1. The largest absolute Gasteiger partial charge is 0.481 e. The van der Waals surface area contributed by atoms with Crippen LogP contribution in [0, 0.1) is 5.41 Å². The van der Waals surface area contributed by atoms with Crippen LogP contribution in [0.15, 0.2) is 0 Å². The van der Waals surface area contributed by atoms with Gasteiger partial charge in [-0.2, -0.15) is 13.2 Å². The standard InChI is InChI=1S/C11H18F3NO2/c1-3-8(4-2)15-6-5-10(7-15,9(16)17)11(12,13)14/h8H,3-7H2,1-2H3,(H,16,17). The van der Waals surface area contributed by atoms with Crippen molar-refractivity contribution in [2.75, 3.05) is 13.1 Å². The summed E-state index contributed by atoms with van der Waals surface area (Å²) in [5, 5.41) is 8.90. The molecule has 6 heteroatoms. The summed E-state index contributed by atoms with van der Waals surface area (Å²) in [5.41, 5.74) is -2.57. The highest BCUT2D eigenvalue weighted by molar-refractivity contribution is 5.76. The highest BCUT2D eigenvalue weighted by Gasteiger charge is 2.63. The van der Waals surface area contributed by atoms with Gasteiger partial charge < -0.3 is 5.11 Å². The Kier molecular flexibility index (Phi) is 4.06. The Balaban J connectivity index is 2.90. The van der Waals surface area contributed by atoms with Crippen LogP contribution in [0.4, 0.5) is 13.2 Å². The van der Waals surface area contributed by atoms with Gasteiger partial charge in [0, 0.05) is 12.6 Å². The summed E-state index contributed by atoms with van der Waals surface area (Å²) in [7, 11) is 0. The Morgan fingerprint density at radius 1 is 1.41 bits per heavy atom. The van der Waals surface area contributed by atoms with Crippen molar-refractivity contribution in [3.8, 4) is 0 Å². The summed E-state index contributed by atoms with van der Waals surface area (Å²) in [6, 6.07) is 0.0403. The lowest BCUT2D eigenvalue weighted by atomic mass is 9.86. The topological polar surface area (TPSA) is 40.5 Å². The van der Waals surface area contributed by atoms with E-state index in [2.05, 4.69) is 0 Å². The molecule has 1 N–H and O–H groups in total. The fraction of sp³-hybridized carbons (Fsp3) is 0.909. The van der Waals surface area contributed by atoms with Crippen molar-refractivity contribution < 1.29 is 23.1 Å². The van der Waals surface area contributed by atoms with Crippen LogP contribution >= 0.6 is 0 Å². The fourth-order valence-electron chi connectivity index (χ4n) is 2.48. The van der Waals surface area contributed by atoms with E-state index >= 15 is 0 Å². The molecule has 100 valence electrons. The molecule has 1 aliphatic rings. The van der Waals surface area contributed by atoms with Gasteiger partial charge in [0.25, 0.3) is 0 Å². The molecule has 1 rings (SSSR count). The van der Waals surface area contributed by atoms with Crippen molar-refractivity contribution >= 4 is 5.97 Å². The number of alkyl halides is 3. The van der Waals surface area contributed by atoms with E-state index in [0.717, 1.165) is 12.8 Å². The molecule has 0 aliphatic carbocycles. The van der Waals surface area contributed by atoms with Crippen LogP contribution in [-0.4, -0.2) is 41.3 Å². The van der Waals surface area contributed by atoms with E-state index in [4.69, 9.17) is 5.11 Å². The van der Waals surface area contributed by atoms with Crippen LogP contribution in [0.3, 0.4) is 0 Å². The zero-order valence-corrected chi connectivity index (χ0v) is 10.0. The Morgan fingerprint density at radius 3 is 2.24 bits per heavy atom. The molecule has 0 saturated carbocycles. The Labute approximate surface area is 98.6 Å². The molecule has 1 heterocycles. The lowest BCUT2D eigenvalue weighted by Crippen LogP contribution is -2.48. The van der Waals surface area contributed by atoms with Gasteiger partial charge in [-0.15, -0.1) is 0 Å². The van der Waals surface area contributed by atoms with E-state index in [0.29, 0.717) is 0 Å². The molecule has 3 nitrogen and oxygen atoms in total. The molecule has 0 radical (unpaired) electrons. The smallest absolute Gasteiger partial charge is 0.406 e. The summed E-state index contributed by atoms with van der Waals surface area (Å²) < 4.78 is 38.7. The van der Waals surface area contributed by atoms with Gasteiger partial charge in [-0.3, -0.25) is 9.69 Å².